The van der Waals surface area contributed by atoms with Crippen molar-refractivity contribution in [2.45, 2.75) is 0 Å². The average molecular weight is 422 g/mol. The summed E-state index contributed by atoms with van der Waals surface area (Å²) in [5.41, 5.74) is 8.75. The average Bonchev–Trinajstić information content (AvgIpc) is 3.25. The molecule has 0 spiro atoms. The molecule has 9 heteroatoms. The minimum absolute atomic E-state index is 0.0295. The van der Waals surface area contributed by atoms with Gasteiger partial charge in [-0.15, -0.1) is 0 Å². The molecule has 1 aliphatic rings. The number of nitrogens with one attached hydrogen (secondary N) is 1. The summed E-state index contributed by atoms with van der Waals surface area (Å²) < 4.78 is 10.8. The van der Waals surface area contributed by atoms with Gasteiger partial charge in [0.25, 0.3) is 5.91 Å². The van der Waals surface area contributed by atoms with Crippen LogP contribution < -0.4 is 25.4 Å². The van der Waals surface area contributed by atoms with E-state index in [2.05, 4.69) is 10.3 Å². The lowest BCUT2D eigenvalue weighted by molar-refractivity contribution is 0.0945. The number of nitrogen functional groups attached to an aromatic ring is 1. The zero-order valence-corrected chi connectivity index (χ0v) is 16.8. The van der Waals surface area contributed by atoms with Gasteiger partial charge in [-0.05, 0) is 42.5 Å². The molecule has 0 fully saturated rings. The topological polar surface area (TPSA) is 130 Å². The second kappa shape index (κ2) is 8.41. The Bertz CT molecular complexity index is 1130. The van der Waals surface area contributed by atoms with Crippen molar-refractivity contribution in [2.75, 3.05) is 37.6 Å². The predicted octanol–water partition coefficient (Wildman–Crippen LogP) is 2.26. The van der Waals surface area contributed by atoms with Gasteiger partial charge in [0.1, 0.15) is 11.6 Å². The number of phenols is 1. The van der Waals surface area contributed by atoms with E-state index in [0.29, 0.717) is 22.8 Å². The molecule has 2 aromatic carbocycles. The monoisotopic (exact) mass is 422 g/mol. The number of rotatable bonds is 6. The lowest BCUT2D eigenvalue weighted by Crippen LogP contribution is -2.27. The first-order chi connectivity index (χ1) is 15.0. The van der Waals surface area contributed by atoms with Crippen LogP contribution in [0.4, 0.5) is 17.2 Å². The Balaban J connectivity index is 1.63. The van der Waals surface area contributed by atoms with E-state index in [1.165, 1.54) is 6.07 Å². The molecule has 3 aromatic rings. The van der Waals surface area contributed by atoms with Crippen LogP contribution in [0.2, 0.25) is 0 Å². The van der Waals surface area contributed by atoms with Crippen LogP contribution in [0.1, 0.15) is 10.4 Å². The zero-order valence-electron chi connectivity index (χ0n) is 16.8. The summed E-state index contributed by atoms with van der Waals surface area (Å²) in [5, 5.41) is 21.8. The third-order valence-electron chi connectivity index (χ3n) is 4.95. The summed E-state index contributed by atoms with van der Waals surface area (Å²) in [6.07, 6.45) is 0. The lowest BCUT2D eigenvalue weighted by Gasteiger charge is -2.21. The highest BCUT2D eigenvalue weighted by molar-refractivity contribution is 5.98. The Kier molecular flexibility index (Phi) is 5.50. The van der Waals surface area contributed by atoms with Gasteiger partial charge in [0.15, 0.2) is 11.5 Å². The summed E-state index contributed by atoms with van der Waals surface area (Å²) in [6, 6.07) is 13.9. The summed E-state index contributed by atoms with van der Waals surface area (Å²) >= 11 is 0. The maximum Gasteiger partial charge on any atom is 0.255 e. The third kappa shape index (κ3) is 4.03. The number of nitrogens with two attached hydrogens (primary N) is 1. The lowest BCUT2D eigenvalue weighted by atomic mass is 10.1. The van der Waals surface area contributed by atoms with E-state index >= 15 is 0 Å². The molecule has 1 amide bonds. The minimum Gasteiger partial charge on any atom is -0.507 e. The van der Waals surface area contributed by atoms with Crippen LogP contribution in [0.5, 0.6) is 17.2 Å². The molecular formula is C22H22N4O5. The molecule has 0 unspecified atom stereocenters. The third-order valence-corrected chi connectivity index (χ3v) is 4.95. The van der Waals surface area contributed by atoms with E-state index in [9.17, 15) is 9.90 Å². The zero-order chi connectivity index (χ0) is 22.0. The van der Waals surface area contributed by atoms with E-state index in [-0.39, 0.29) is 37.1 Å². The number of carbonyl (C=O) groups excluding carboxylic acids is 1. The van der Waals surface area contributed by atoms with E-state index in [0.717, 1.165) is 11.4 Å². The fourth-order valence-corrected chi connectivity index (χ4v) is 3.26. The number of benzene rings is 2. The summed E-state index contributed by atoms with van der Waals surface area (Å²) in [5.74, 6) is 1.01. The molecule has 0 radical (unpaired) electrons. The Hall–Kier alpha value is -3.98. The van der Waals surface area contributed by atoms with E-state index in [4.69, 9.17) is 20.3 Å². The molecule has 1 aliphatic heterocycles. The first kappa shape index (κ1) is 20.3. The van der Waals surface area contributed by atoms with Gasteiger partial charge in [0, 0.05) is 36.6 Å². The highest BCUT2D eigenvalue weighted by atomic mass is 16.7. The number of carbonyl (C=O) groups is 1. The fourth-order valence-electron chi connectivity index (χ4n) is 3.26. The number of ether oxygens (including phenoxy) is 2. The SMILES string of the molecule is CN(c1ccc2c(c1)OCO2)c1ccc(O)c(-c2ccc(C(=O)NCCO)c(N)n2)c1. The molecule has 0 atom stereocenters. The van der Waals surface area contributed by atoms with E-state index < -0.39 is 5.91 Å². The first-order valence-corrected chi connectivity index (χ1v) is 9.60. The first-order valence-electron chi connectivity index (χ1n) is 9.60. The molecule has 1 aromatic heterocycles. The Morgan fingerprint density at radius 2 is 1.87 bits per heavy atom. The van der Waals surface area contributed by atoms with Crippen molar-refractivity contribution in [2.24, 2.45) is 0 Å². The number of aliphatic hydroxyl groups is 1. The number of amides is 1. The number of hydrogen-bond acceptors (Lipinski definition) is 8. The smallest absolute Gasteiger partial charge is 0.255 e. The van der Waals surface area contributed by atoms with Crippen LogP contribution in [0.15, 0.2) is 48.5 Å². The molecule has 0 saturated heterocycles. The molecular weight excluding hydrogens is 400 g/mol. The van der Waals surface area contributed by atoms with Gasteiger partial charge in [-0.2, -0.15) is 0 Å². The molecule has 0 aliphatic carbocycles. The Labute approximate surface area is 178 Å². The normalized spacial score (nSPS) is 11.9. The number of nitrogens with zero attached hydrogens (tertiary/aromatic N) is 2. The molecule has 4 rings (SSSR count). The van der Waals surface area contributed by atoms with Crippen molar-refractivity contribution in [1.29, 1.82) is 0 Å². The minimum atomic E-state index is -0.425. The molecule has 2 heterocycles. The van der Waals surface area contributed by atoms with Gasteiger partial charge in [-0.3, -0.25) is 4.79 Å². The van der Waals surface area contributed by atoms with E-state index in [1.54, 1.807) is 24.3 Å². The molecule has 9 nitrogen and oxygen atoms in total. The number of pyridine rings is 1. The second-order valence-corrected chi connectivity index (χ2v) is 6.91. The Morgan fingerprint density at radius 3 is 2.65 bits per heavy atom. The number of aromatic nitrogens is 1. The number of hydrogen-bond donors (Lipinski definition) is 4. The van der Waals surface area contributed by atoms with Crippen LogP contribution in [-0.4, -0.2) is 48.1 Å². The van der Waals surface area contributed by atoms with Gasteiger partial charge in [0.05, 0.1) is 17.9 Å². The van der Waals surface area contributed by atoms with Crippen molar-refractivity contribution < 1.29 is 24.5 Å². The number of aromatic hydroxyl groups is 1. The standard InChI is InChI=1S/C22H22N4O5/c1-26(14-3-7-19-20(11-14)31-12-30-19)13-2-6-18(28)16(10-13)17-5-4-15(21(23)25-17)22(29)24-8-9-27/h2-7,10-11,27-28H,8-9,12H2,1H3,(H2,23,25)(H,24,29). The van der Waals surface area contributed by atoms with Gasteiger partial charge in [-0.25, -0.2) is 4.98 Å². The van der Waals surface area contributed by atoms with Crippen LogP contribution >= 0.6 is 0 Å². The van der Waals surface area contributed by atoms with Crippen molar-refractivity contribution >= 4 is 23.1 Å². The van der Waals surface area contributed by atoms with Crippen molar-refractivity contribution in [3.05, 3.63) is 54.1 Å². The molecule has 31 heavy (non-hydrogen) atoms. The number of anilines is 3. The molecule has 5 N–H and O–H groups in total. The summed E-state index contributed by atoms with van der Waals surface area (Å²) in [7, 11) is 1.89. The highest BCUT2D eigenvalue weighted by Gasteiger charge is 2.17. The maximum absolute atomic E-state index is 12.1. The number of phenolic OH excluding ortho intramolecular Hbond substituents is 1. The number of fused-ring (bicyclic) bond motifs is 1. The predicted molar refractivity (Wildman–Crippen MR) is 116 cm³/mol. The molecule has 0 saturated carbocycles. The summed E-state index contributed by atoms with van der Waals surface area (Å²) in [4.78, 5) is 18.3. The van der Waals surface area contributed by atoms with Gasteiger partial charge < -0.3 is 35.6 Å². The molecule has 0 bridgehead atoms. The van der Waals surface area contributed by atoms with Crippen LogP contribution in [0.25, 0.3) is 11.3 Å². The van der Waals surface area contributed by atoms with Gasteiger partial charge >= 0.3 is 0 Å². The van der Waals surface area contributed by atoms with Crippen LogP contribution in [0, 0.1) is 0 Å². The van der Waals surface area contributed by atoms with Crippen LogP contribution in [-0.2, 0) is 0 Å². The maximum atomic E-state index is 12.1. The number of aliphatic hydroxyl groups excluding tert-OH is 1. The van der Waals surface area contributed by atoms with Crippen molar-refractivity contribution in [1.82, 2.24) is 10.3 Å². The van der Waals surface area contributed by atoms with Gasteiger partial charge in [-0.1, -0.05) is 0 Å². The van der Waals surface area contributed by atoms with Crippen molar-refractivity contribution in [3.63, 3.8) is 0 Å². The highest BCUT2D eigenvalue weighted by Crippen LogP contribution is 2.39. The quantitative estimate of drug-likeness (QED) is 0.476. The summed E-state index contributed by atoms with van der Waals surface area (Å²) in [6.45, 7) is 0.150. The Morgan fingerprint density at radius 1 is 1.13 bits per heavy atom. The van der Waals surface area contributed by atoms with Crippen LogP contribution in [0.3, 0.4) is 0 Å². The fraction of sp³-hybridized carbons (Fsp3) is 0.182. The van der Waals surface area contributed by atoms with E-state index in [1.807, 2.05) is 30.1 Å². The van der Waals surface area contributed by atoms with Gasteiger partial charge in [0.2, 0.25) is 6.79 Å². The molecule has 160 valence electrons. The second-order valence-electron chi connectivity index (χ2n) is 6.91. The largest absolute Gasteiger partial charge is 0.507 e. The van der Waals surface area contributed by atoms with Crippen molar-refractivity contribution in [3.8, 4) is 28.5 Å².